The van der Waals surface area contributed by atoms with Gasteiger partial charge in [-0.05, 0) is 19.9 Å². The molecule has 2 aliphatic rings. The predicted octanol–water partition coefficient (Wildman–Crippen LogP) is 1.78. The van der Waals surface area contributed by atoms with E-state index in [0.717, 1.165) is 5.46 Å². The minimum absolute atomic E-state index is 0.237. The van der Waals surface area contributed by atoms with Gasteiger partial charge in [0, 0.05) is 24.5 Å². The molecule has 1 aromatic rings. The highest BCUT2D eigenvalue weighted by molar-refractivity contribution is 6.61. The minimum atomic E-state index is -2.58. The van der Waals surface area contributed by atoms with Crippen LogP contribution in [0.3, 0.4) is 0 Å². The summed E-state index contributed by atoms with van der Waals surface area (Å²) in [6, 6.07) is 3.44. The van der Waals surface area contributed by atoms with E-state index in [0.29, 0.717) is 12.5 Å². The van der Waals surface area contributed by atoms with Crippen molar-refractivity contribution < 1.29 is 22.8 Å². The Balaban J connectivity index is 1.58. The van der Waals surface area contributed by atoms with E-state index in [9.17, 15) is 8.78 Å². The highest BCUT2D eigenvalue weighted by Gasteiger charge is 2.47. The number of aromatic nitrogens is 1. The molecule has 0 N–H and O–H groups in total. The van der Waals surface area contributed by atoms with E-state index in [4.69, 9.17) is 14.0 Å². The largest absolute Gasteiger partial charge is 0.496 e. The summed E-state index contributed by atoms with van der Waals surface area (Å²) in [5, 5.41) is 0. The molecule has 4 nitrogen and oxygen atoms in total. The Kier molecular flexibility index (Phi) is 3.21. The highest BCUT2D eigenvalue weighted by atomic mass is 19.3. The van der Waals surface area contributed by atoms with Crippen molar-refractivity contribution >= 4 is 12.6 Å². The van der Waals surface area contributed by atoms with Crippen molar-refractivity contribution in [1.82, 2.24) is 4.98 Å². The molecule has 2 heterocycles. The van der Waals surface area contributed by atoms with Crippen molar-refractivity contribution in [2.45, 2.75) is 44.3 Å². The zero-order chi connectivity index (χ0) is 14.4. The molecule has 0 amide bonds. The summed E-state index contributed by atoms with van der Waals surface area (Å²) in [4.78, 5) is 4.11. The molecule has 0 unspecified atom stereocenters. The Morgan fingerprint density at radius 1 is 1.35 bits per heavy atom. The first-order chi connectivity index (χ1) is 9.33. The second-order valence-corrected chi connectivity index (χ2v) is 5.95. The summed E-state index contributed by atoms with van der Waals surface area (Å²) in [5.41, 5.74) is 0.485. The van der Waals surface area contributed by atoms with Gasteiger partial charge in [0.15, 0.2) is 0 Å². The van der Waals surface area contributed by atoms with Gasteiger partial charge in [0.05, 0.1) is 12.2 Å². The molecule has 0 aromatic carbocycles. The SMILES string of the molecule is CC1(C)COB(c2ccc(OC3CC(F)(F)C3)nc2)O1. The number of rotatable bonds is 3. The van der Waals surface area contributed by atoms with Crippen LogP contribution in [0.2, 0.25) is 0 Å². The zero-order valence-electron chi connectivity index (χ0n) is 11.4. The normalized spacial score (nSPS) is 24.5. The van der Waals surface area contributed by atoms with Gasteiger partial charge < -0.3 is 14.0 Å². The standard InChI is InChI=1S/C13H16BF2NO3/c1-12(2)8-18-14(20-12)9-3-4-11(17-7-9)19-10-5-13(15,16)6-10/h3-4,7,10H,5-6,8H2,1-2H3. The van der Waals surface area contributed by atoms with Gasteiger partial charge in [0.1, 0.15) is 6.10 Å². The molecule has 1 aromatic heterocycles. The fraction of sp³-hybridized carbons (Fsp3) is 0.615. The zero-order valence-corrected chi connectivity index (χ0v) is 11.4. The molecule has 0 spiro atoms. The first kappa shape index (κ1) is 13.8. The Labute approximate surface area is 116 Å². The molecule has 108 valence electrons. The van der Waals surface area contributed by atoms with Crippen LogP contribution in [-0.4, -0.2) is 36.3 Å². The van der Waals surface area contributed by atoms with Gasteiger partial charge >= 0.3 is 7.12 Å². The predicted molar refractivity (Wildman–Crippen MR) is 69.3 cm³/mol. The fourth-order valence-electron chi connectivity index (χ4n) is 2.26. The molecular weight excluding hydrogens is 267 g/mol. The van der Waals surface area contributed by atoms with Gasteiger partial charge in [-0.25, -0.2) is 13.8 Å². The molecule has 0 radical (unpaired) electrons. The lowest BCUT2D eigenvalue weighted by Gasteiger charge is -2.34. The van der Waals surface area contributed by atoms with Crippen molar-refractivity contribution in [2.75, 3.05) is 6.61 Å². The number of pyridine rings is 1. The Morgan fingerprint density at radius 3 is 2.60 bits per heavy atom. The molecule has 0 bridgehead atoms. The molecule has 1 aliphatic heterocycles. The maximum Gasteiger partial charge on any atom is 0.496 e. The molecular formula is C13H16BF2NO3. The van der Waals surface area contributed by atoms with E-state index in [2.05, 4.69) is 4.98 Å². The van der Waals surface area contributed by atoms with Crippen LogP contribution in [0.25, 0.3) is 0 Å². The van der Waals surface area contributed by atoms with Gasteiger partial charge in [-0.15, -0.1) is 0 Å². The molecule has 3 rings (SSSR count). The van der Waals surface area contributed by atoms with Gasteiger partial charge in [-0.2, -0.15) is 0 Å². The lowest BCUT2D eigenvalue weighted by atomic mass is 9.80. The number of nitrogens with zero attached hydrogens (tertiary/aromatic N) is 1. The first-order valence-electron chi connectivity index (χ1n) is 6.63. The maximum absolute atomic E-state index is 12.7. The van der Waals surface area contributed by atoms with Crippen LogP contribution >= 0.6 is 0 Å². The van der Waals surface area contributed by atoms with Crippen LogP contribution in [0.15, 0.2) is 18.3 Å². The van der Waals surface area contributed by atoms with Crippen LogP contribution in [0.5, 0.6) is 5.88 Å². The molecule has 7 heteroatoms. The van der Waals surface area contributed by atoms with Crippen molar-refractivity contribution in [1.29, 1.82) is 0 Å². The first-order valence-corrected chi connectivity index (χ1v) is 6.63. The van der Waals surface area contributed by atoms with Crippen LogP contribution in [0, 0.1) is 0 Å². The van der Waals surface area contributed by atoms with Crippen LogP contribution < -0.4 is 10.2 Å². The molecule has 20 heavy (non-hydrogen) atoms. The van der Waals surface area contributed by atoms with Gasteiger partial charge in [-0.1, -0.05) is 6.07 Å². The maximum atomic E-state index is 12.7. The molecule has 2 fully saturated rings. The molecule has 1 saturated carbocycles. The highest BCUT2D eigenvalue weighted by Crippen LogP contribution is 2.39. The van der Waals surface area contributed by atoms with Gasteiger partial charge in [0.2, 0.25) is 5.88 Å². The lowest BCUT2D eigenvalue weighted by molar-refractivity contribution is -0.135. The Hall–Kier alpha value is -1.21. The third-order valence-corrected chi connectivity index (χ3v) is 3.38. The van der Waals surface area contributed by atoms with Crippen LogP contribution in [0.1, 0.15) is 26.7 Å². The van der Waals surface area contributed by atoms with Crippen molar-refractivity contribution in [2.24, 2.45) is 0 Å². The summed E-state index contributed by atoms with van der Waals surface area (Å²) >= 11 is 0. The Bertz CT molecular complexity index is 487. The number of hydrogen-bond donors (Lipinski definition) is 0. The summed E-state index contributed by atoms with van der Waals surface area (Å²) in [6.45, 7) is 4.43. The number of halogens is 2. The molecule has 1 saturated heterocycles. The van der Waals surface area contributed by atoms with E-state index >= 15 is 0 Å². The summed E-state index contributed by atoms with van der Waals surface area (Å²) in [5.74, 6) is -2.23. The second kappa shape index (κ2) is 4.67. The molecule has 1 aliphatic carbocycles. The summed E-state index contributed by atoms with van der Waals surface area (Å²) < 4.78 is 42.0. The second-order valence-electron chi connectivity index (χ2n) is 5.95. The van der Waals surface area contributed by atoms with Gasteiger partial charge in [-0.3, -0.25) is 0 Å². The van der Waals surface area contributed by atoms with E-state index in [-0.39, 0.29) is 18.4 Å². The van der Waals surface area contributed by atoms with Crippen molar-refractivity contribution in [3.8, 4) is 5.88 Å². The quantitative estimate of drug-likeness (QED) is 0.793. The third kappa shape index (κ3) is 2.93. The van der Waals surface area contributed by atoms with E-state index in [1.54, 1.807) is 18.3 Å². The summed E-state index contributed by atoms with van der Waals surface area (Å²) in [7, 11) is -0.431. The van der Waals surface area contributed by atoms with Crippen molar-refractivity contribution in [3.63, 3.8) is 0 Å². The average Bonchev–Trinajstić information content (AvgIpc) is 2.68. The smallest absolute Gasteiger partial charge is 0.474 e. The minimum Gasteiger partial charge on any atom is -0.474 e. The number of alkyl halides is 2. The molecule has 0 atom stereocenters. The third-order valence-electron chi connectivity index (χ3n) is 3.38. The monoisotopic (exact) mass is 283 g/mol. The Morgan fingerprint density at radius 2 is 2.10 bits per heavy atom. The van der Waals surface area contributed by atoms with Gasteiger partial charge in [0.25, 0.3) is 5.92 Å². The van der Waals surface area contributed by atoms with E-state index < -0.39 is 19.1 Å². The average molecular weight is 283 g/mol. The number of ether oxygens (including phenoxy) is 1. The fourth-order valence-corrected chi connectivity index (χ4v) is 2.26. The summed E-state index contributed by atoms with van der Waals surface area (Å²) in [6.07, 6.45) is 0.679. The number of hydrogen-bond acceptors (Lipinski definition) is 4. The van der Waals surface area contributed by atoms with Crippen molar-refractivity contribution in [3.05, 3.63) is 18.3 Å². The topological polar surface area (TPSA) is 40.6 Å². The van der Waals surface area contributed by atoms with E-state index in [1.165, 1.54) is 0 Å². The van der Waals surface area contributed by atoms with E-state index in [1.807, 2.05) is 13.8 Å². The van der Waals surface area contributed by atoms with Crippen LogP contribution in [0.4, 0.5) is 8.78 Å². The lowest BCUT2D eigenvalue weighted by Crippen LogP contribution is -2.43. The van der Waals surface area contributed by atoms with Crippen LogP contribution in [-0.2, 0) is 9.31 Å².